The minimum absolute atomic E-state index is 0.201. The maximum atomic E-state index is 5.84. The summed E-state index contributed by atoms with van der Waals surface area (Å²) in [4.78, 5) is 14.6. The average molecular weight is 381 g/mol. The van der Waals surface area contributed by atoms with Crippen molar-refractivity contribution >= 4 is 0 Å². The van der Waals surface area contributed by atoms with E-state index >= 15 is 0 Å². The van der Waals surface area contributed by atoms with E-state index in [4.69, 9.17) is 14.7 Å². The normalized spacial score (nSPS) is 20.9. The molecule has 28 heavy (non-hydrogen) atoms. The lowest BCUT2D eigenvalue weighted by atomic mass is 10.0. The molecule has 1 aromatic heterocycles. The van der Waals surface area contributed by atoms with Gasteiger partial charge in [-0.25, -0.2) is 9.97 Å². The molecule has 150 valence electrons. The van der Waals surface area contributed by atoms with Crippen molar-refractivity contribution in [3.63, 3.8) is 0 Å². The van der Waals surface area contributed by atoms with Crippen molar-refractivity contribution in [1.82, 2.24) is 19.8 Å². The van der Waals surface area contributed by atoms with Gasteiger partial charge in [0.25, 0.3) is 0 Å². The molecule has 3 heterocycles. The number of piperidine rings is 1. The van der Waals surface area contributed by atoms with Gasteiger partial charge in [0.1, 0.15) is 11.6 Å². The summed E-state index contributed by atoms with van der Waals surface area (Å²) in [6.45, 7) is 8.17. The first-order valence-corrected chi connectivity index (χ1v) is 10.6. The fourth-order valence-electron chi connectivity index (χ4n) is 4.33. The molecule has 1 atom stereocenters. The number of nitrogens with zero attached hydrogens (tertiary/aromatic N) is 4. The molecule has 2 aliphatic heterocycles. The predicted octanol–water partition coefficient (Wildman–Crippen LogP) is 3.98. The summed E-state index contributed by atoms with van der Waals surface area (Å²) in [5.41, 5.74) is 3.82. The first-order chi connectivity index (χ1) is 13.6. The van der Waals surface area contributed by atoms with Crippen LogP contribution in [0.25, 0.3) is 0 Å². The Morgan fingerprint density at radius 1 is 1.21 bits per heavy atom. The third-order valence-corrected chi connectivity index (χ3v) is 5.78. The van der Waals surface area contributed by atoms with Gasteiger partial charge in [0.2, 0.25) is 0 Å². The largest absolute Gasteiger partial charge is 0.491 e. The van der Waals surface area contributed by atoms with E-state index in [0.717, 1.165) is 44.2 Å². The number of aromatic nitrogens is 2. The highest BCUT2D eigenvalue weighted by Crippen LogP contribution is 2.28. The lowest BCUT2D eigenvalue weighted by Crippen LogP contribution is -2.33. The van der Waals surface area contributed by atoms with E-state index in [0.29, 0.717) is 6.04 Å². The fourth-order valence-corrected chi connectivity index (χ4v) is 4.33. The highest BCUT2D eigenvalue weighted by atomic mass is 16.5. The summed E-state index contributed by atoms with van der Waals surface area (Å²) >= 11 is 0. The van der Waals surface area contributed by atoms with Gasteiger partial charge in [0.15, 0.2) is 0 Å². The number of ether oxygens (including phenoxy) is 1. The van der Waals surface area contributed by atoms with Crippen molar-refractivity contribution in [3.05, 3.63) is 53.1 Å². The topological polar surface area (TPSA) is 41.5 Å². The van der Waals surface area contributed by atoms with Crippen molar-refractivity contribution in [2.75, 3.05) is 20.1 Å². The van der Waals surface area contributed by atoms with Gasteiger partial charge in [-0.15, -0.1) is 0 Å². The SMILES string of the molecule is CC(C)Oc1cccc(CN2CCc3nc(C4CCCCN4C)ncc3C2)c1. The number of fused-ring (bicyclic) bond motifs is 1. The summed E-state index contributed by atoms with van der Waals surface area (Å²) in [5, 5.41) is 0. The van der Waals surface area contributed by atoms with Crippen molar-refractivity contribution < 1.29 is 4.74 Å². The Morgan fingerprint density at radius 3 is 2.93 bits per heavy atom. The number of hydrogen-bond acceptors (Lipinski definition) is 5. The Balaban J connectivity index is 1.42. The lowest BCUT2D eigenvalue weighted by Gasteiger charge is -2.33. The van der Waals surface area contributed by atoms with Gasteiger partial charge in [-0.05, 0) is 58.0 Å². The minimum Gasteiger partial charge on any atom is -0.491 e. The second kappa shape index (κ2) is 8.58. The molecule has 0 aliphatic carbocycles. The molecule has 0 saturated carbocycles. The van der Waals surface area contributed by atoms with E-state index in [2.05, 4.69) is 55.1 Å². The standard InChI is InChI=1S/C23H32N4O/c1-17(2)28-20-8-6-7-18(13-20)15-27-12-10-21-19(16-27)14-24-23(25-21)22-9-4-5-11-26(22)3/h6-8,13-14,17,22H,4-5,9-12,15-16H2,1-3H3. The smallest absolute Gasteiger partial charge is 0.145 e. The van der Waals surface area contributed by atoms with E-state index in [9.17, 15) is 0 Å². The van der Waals surface area contributed by atoms with Crippen molar-refractivity contribution in [3.8, 4) is 5.75 Å². The van der Waals surface area contributed by atoms with Crippen molar-refractivity contribution in [1.29, 1.82) is 0 Å². The van der Waals surface area contributed by atoms with Gasteiger partial charge in [-0.3, -0.25) is 9.80 Å². The molecule has 4 rings (SSSR count). The molecule has 1 unspecified atom stereocenters. The van der Waals surface area contributed by atoms with Crippen LogP contribution in [0.15, 0.2) is 30.5 Å². The Labute approximate surface area is 168 Å². The van der Waals surface area contributed by atoms with Crippen LogP contribution in [0.5, 0.6) is 5.75 Å². The van der Waals surface area contributed by atoms with Gasteiger partial charge in [-0.2, -0.15) is 0 Å². The van der Waals surface area contributed by atoms with E-state index in [1.165, 1.54) is 36.1 Å². The van der Waals surface area contributed by atoms with Crippen LogP contribution < -0.4 is 4.74 Å². The fraction of sp³-hybridized carbons (Fsp3) is 0.565. The zero-order chi connectivity index (χ0) is 19.5. The molecule has 5 nitrogen and oxygen atoms in total. The second-order valence-electron chi connectivity index (χ2n) is 8.47. The molecule has 1 fully saturated rings. The molecular formula is C23H32N4O. The molecule has 2 aromatic rings. The highest BCUT2D eigenvalue weighted by Gasteiger charge is 2.25. The zero-order valence-electron chi connectivity index (χ0n) is 17.4. The van der Waals surface area contributed by atoms with Crippen LogP contribution in [0.1, 0.15) is 61.8 Å². The van der Waals surface area contributed by atoms with Gasteiger partial charge < -0.3 is 4.74 Å². The van der Waals surface area contributed by atoms with Crippen LogP contribution in [-0.4, -0.2) is 46.0 Å². The number of hydrogen-bond donors (Lipinski definition) is 0. The maximum Gasteiger partial charge on any atom is 0.145 e. The Hall–Kier alpha value is -1.98. The van der Waals surface area contributed by atoms with Crippen LogP contribution in [0.3, 0.4) is 0 Å². The van der Waals surface area contributed by atoms with E-state index in [-0.39, 0.29) is 6.10 Å². The maximum absolute atomic E-state index is 5.84. The number of benzene rings is 1. The predicted molar refractivity (Wildman–Crippen MR) is 111 cm³/mol. The average Bonchev–Trinajstić information content (AvgIpc) is 2.68. The lowest BCUT2D eigenvalue weighted by molar-refractivity contribution is 0.178. The minimum atomic E-state index is 0.201. The quantitative estimate of drug-likeness (QED) is 0.785. The summed E-state index contributed by atoms with van der Waals surface area (Å²) in [7, 11) is 2.20. The van der Waals surface area contributed by atoms with E-state index in [1.54, 1.807) is 0 Å². The third kappa shape index (κ3) is 4.53. The molecule has 0 spiro atoms. The monoisotopic (exact) mass is 380 g/mol. The highest BCUT2D eigenvalue weighted by molar-refractivity contribution is 5.29. The Bertz CT molecular complexity index is 807. The zero-order valence-corrected chi connectivity index (χ0v) is 17.4. The molecule has 1 saturated heterocycles. The second-order valence-corrected chi connectivity index (χ2v) is 8.47. The number of rotatable bonds is 5. The first kappa shape index (κ1) is 19.3. The Kier molecular flexibility index (Phi) is 5.93. The Morgan fingerprint density at radius 2 is 2.11 bits per heavy atom. The third-order valence-electron chi connectivity index (χ3n) is 5.78. The van der Waals surface area contributed by atoms with Crippen LogP contribution >= 0.6 is 0 Å². The molecule has 0 radical (unpaired) electrons. The number of likely N-dealkylation sites (tertiary alicyclic amines) is 1. The van der Waals surface area contributed by atoms with Crippen LogP contribution in [-0.2, 0) is 19.5 Å². The van der Waals surface area contributed by atoms with Gasteiger partial charge in [0, 0.05) is 43.5 Å². The molecule has 0 bridgehead atoms. The summed E-state index contributed by atoms with van der Waals surface area (Å²) in [6.07, 6.45) is 7.02. The van der Waals surface area contributed by atoms with Crippen LogP contribution in [0.4, 0.5) is 0 Å². The van der Waals surface area contributed by atoms with Gasteiger partial charge in [-0.1, -0.05) is 18.6 Å². The summed E-state index contributed by atoms with van der Waals surface area (Å²) in [6, 6.07) is 8.85. The molecule has 5 heteroatoms. The summed E-state index contributed by atoms with van der Waals surface area (Å²) < 4.78 is 5.84. The molecule has 0 amide bonds. The molecule has 2 aliphatic rings. The summed E-state index contributed by atoms with van der Waals surface area (Å²) in [5.74, 6) is 1.97. The van der Waals surface area contributed by atoms with Gasteiger partial charge >= 0.3 is 0 Å². The van der Waals surface area contributed by atoms with Gasteiger partial charge in [0.05, 0.1) is 12.1 Å². The van der Waals surface area contributed by atoms with Crippen molar-refractivity contribution in [2.45, 2.75) is 64.8 Å². The van der Waals surface area contributed by atoms with Crippen molar-refractivity contribution in [2.24, 2.45) is 0 Å². The molecule has 0 N–H and O–H groups in total. The van der Waals surface area contributed by atoms with E-state index < -0.39 is 0 Å². The first-order valence-electron chi connectivity index (χ1n) is 10.6. The molecular weight excluding hydrogens is 348 g/mol. The van der Waals surface area contributed by atoms with E-state index in [1.807, 2.05) is 6.07 Å². The molecule has 1 aromatic carbocycles. The van der Waals surface area contributed by atoms with Crippen LogP contribution in [0.2, 0.25) is 0 Å². The van der Waals surface area contributed by atoms with Crippen LogP contribution in [0, 0.1) is 0 Å².